The second-order valence-electron chi connectivity index (χ2n) is 4.26. The third-order valence-corrected chi connectivity index (χ3v) is 2.89. The molecule has 0 aliphatic carbocycles. The van der Waals surface area contributed by atoms with Crippen molar-refractivity contribution < 1.29 is 9.53 Å². The first kappa shape index (κ1) is 13.5. The van der Waals surface area contributed by atoms with Gasteiger partial charge in [-0.3, -0.25) is 9.20 Å². The molecule has 2 aromatic heterocycles. The molecule has 0 aliphatic heterocycles. The largest absolute Gasteiger partial charge is 0.384 e. The molecule has 2 aromatic rings. The zero-order chi connectivity index (χ0) is 13.7. The minimum atomic E-state index is -0.0916. The van der Waals surface area contributed by atoms with Gasteiger partial charge in [-0.15, -0.1) is 0 Å². The molecule has 0 saturated carbocycles. The van der Waals surface area contributed by atoms with E-state index in [1.54, 1.807) is 13.3 Å². The van der Waals surface area contributed by atoms with Crippen LogP contribution < -0.4 is 5.32 Å². The number of imidazole rings is 1. The Morgan fingerprint density at radius 2 is 2.42 bits per heavy atom. The van der Waals surface area contributed by atoms with Gasteiger partial charge >= 0.3 is 0 Å². The van der Waals surface area contributed by atoms with Crippen LogP contribution in [-0.4, -0.2) is 34.0 Å². The molecular formula is C13H18N4O2. The molecule has 2 rings (SSSR count). The number of hydrogen-bond acceptors (Lipinski definition) is 4. The van der Waals surface area contributed by atoms with E-state index in [2.05, 4.69) is 15.3 Å². The molecule has 0 bridgehead atoms. The number of amides is 1. The summed E-state index contributed by atoms with van der Waals surface area (Å²) in [5.74, 6) is 0.612. The summed E-state index contributed by atoms with van der Waals surface area (Å²) in [6, 6.07) is 1.75. The maximum Gasteiger partial charge on any atom is 0.233 e. The molecule has 19 heavy (non-hydrogen) atoms. The van der Waals surface area contributed by atoms with Gasteiger partial charge in [0.15, 0.2) is 0 Å². The van der Waals surface area contributed by atoms with Crippen molar-refractivity contribution in [1.29, 1.82) is 0 Å². The molecule has 0 fully saturated rings. The van der Waals surface area contributed by atoms with Crippen molar-refractivity contribution in [2.24, 2.45) is 0 Å². The van der Waals surface area contributed by atoms with E-state index in [1.165, 1.54) is 0 Å². The van der Waals surface area contributed by atoms with E-state index in [0.29, 0.717) is 18.8 Å². The van der Waals surface area contributed by atoms with Gasteiger partial charge in [0.25, 0.3) is 0 Å². The summed E-state index contributed by atoms with van der Waals surface area (Å²) in [5, 5.41) is 2.96. The number of rotatable bonds is 6. The highest BCUT2D eigenvalue weighted by molar-refractivity contribution is 5.76. The van der Waals surface area contributed by atoms with Crippen LogP contribution in [0.1, 0.15) is 31.5 Å². The SMILES string of the molecule is CC[C@H](NC(=O)CCOC)c1cn2cccnc2n1. The number of methoxy groups -OCH3 is 1. The quantitative estimate of drug-likeness (QED) is 0.852. The standard InChI is InChI=1S/C13H18N4O2/c1-3-10(15-12(18)5-8-19-2)11-9-17-7-4-6-14-13(17)16-11/h4,6-7,9-10H,3,5,8H2,1-2H3,(H,15,18)/t10-/m0/s1. The molecule has 1 atom stereocenters. The van der Waals surface area contributed by atoms with Crippen LogP contribution in [0.25, 0.3) is 5.78 Å². The Bertz CT molecular complexity index is 519. The van der Waals surface area contributed by atoms with Crippen molar-refractivity contribution in [2.45, 2.75) is 25.8 Å². The minimum absolute atomic E-state index is 0.0290. The van der Waals surface area contributed by atoms with Gasteiger partial charge in [0.05, 0.1) is 18.3 Å². The number of fused-ring (bicyclic) bond motifs is 1. The number of hydrogen-bond donors (Lipinski definition) is 1. The Hall–Kier alpha value is -1.95. The summed E-state index contributed by atoms with van der Waals surface area (Å²) in [4.78, 5) is 20.3. The van der Waals surface area contributed by atoms with E-state index in [9.17, 15) is 4.79 Å². The first-order valence-electron chi connectivity index (χ1n) is 6.32. The maximum atomic E-state index is 11.7. The first-order valence-corrected chi connectivity index (χ1v) is 6.32. The number of nitrogens with zero attached hydrogens (tertiary/aromatic N) is 3. The van der Waals surface area contributed by atoms with E-state index in [1.807, 2.05) is 29.8 Å². The van der Waals surface area contributed by atoms with Crippen molar-refractivity contribution in [3.63, 3.8) is 0 Å². The van der Waals surface area contributed by atoms with Gasteiger partial charge in [0.1, 0.15) is 0 Å². The van der Waals surface area contributed by atoms with Gasteiger partial charge in [-0.1, -0.05) is 6.92 Å². The van der Waals surface area contributed by atoms with Crippen LogP contribution in [0.4, 0.5) is 0 Å². The average Bonchev–Trinajstić information content (AvgIpc) is 2.86. The molecule has 1 N–H and O–H groups in total. The van der Waals surface area contributed by atoms with Gasteiger partial charge in [-0.25, -0.2) is 9.97 Å². The van der Waals surface area contributed by atoms with Gasteiger partial charge in [-0.05, 0) is 12.5 Å². The molecule has 0 spiro atoms. The van der Waals surface area contributed by atoms with E-state index in [-0.39, 0.29) is 11.9 Å². The Morgan fingerprint density at radius 3 is 3.11 bits per heavy atom. The summed E-state index contributed by atoms with van der Waals surface area (Å²) >= 11 is 0. The number of carbonyl (C=O) groups excluding carboxylic acids is 1. The lowest BCUT2D eigenvalue weighted by molar-refractivity contribution is -0.122. The lowest BCUT2D eigenvalue weighted by Gasteiger charge is -2.14. The highest BCUT2D eigenvalue weighted by Crippen LogP contribution is 2.15. The fourth-order valence-corrected chi connectivity index (χ4v) is 1.86. The molecular weight excluding hydrogens is 244 g/mol. The van der Waals surface area contributed by atoms with Gasteiger partial charge in [0.2, 0.25) is 11.7 Å². The Balaban J connectivity index is 2.10. The van der Waals surface area contributed by atoms with Crippen molar-refractivity contribution in [1.82, 2.24) is 19.7 Å². The molecule has 6 heteroatoms. The second kappa shape index (κ2) is 6.29. The molecule has 1 amide bonds. The number of carbonyl (C=O) groups is 1. The Labute approximate surface area is 111 Å². The van der Waals surface area contributed by atoms with E-state index in [4.69, 9.17) is 4.74 Å². The predicted octanol–water partition coefficient (Wildman–Crippen LogP) is 1.33. The van der Waals surface area contributed by atoms with Gasteiger partial charge < -0.3 is 10.1 Å². The molecule has 0 saturated heterocycles. The van der Waals surface area contributed by atoms with Crippen LogP contribution in [0.5, 0.6) is 0 Å². The first-order chi connectivity index (χ1) is 9.24. The third kappa shape index (κ3) is 3.29. The zero-order valence-electron chi connectivity index (χ0n) is 11.2. The summed E-state index contributed by atoms with van der Waals surface area (Å²) in [6.07, 6.45) is 6.62. The molecule has 102 valence electrons. The number of ether oxygens (including phenoxy) is 1. The molecule has 0 aromatic carbocycles. The summed E-state index contributed by atoms with van der Waals surface area (Å²) in [6.45, 7) is 2.44. The van der Waals surface area contributed by atoms with Crippen LogP contribution in [0.3, 0.4) is 0 Å². The Morgan fingerprint density at radius 1 is 1.58 bits per heavy atom. The second-order valence-corrected chi connectivity index (χ2v) is 4.26. The topological polar surface area (TPSA) is 68.5 Å². The lowest BCUT2D eigenvalue weighted by atomic mass is 10.1. The fourth-order valence-electron chi connectivity index (χ4n) is 1.86. The smallest absolute Gasteiger partial charge is 0.233 e. The van der Waals surface area contributed by atoms with Crippen LogP contribution in [-0.2, 0) is 9.53 Å². The van der Waals surface area contributed by atoms with Crippen LogP contribution in [0.15, 0.2) is 24.7 Å². The average molecular weight is 262 g/mol. The monoisotopic (exact) mass is 262 g/mol. The lowest BCUT2D eigenvalue weighted by Crippen LogP contribution is -2.29. The highest BCUT2D eigenvalue weighted by atomic mass is 16.5. The minimum Gasteiger partial charge on any atom is -0.384 e. The summed E-state index contributed by atoms with van der Waals surface area (Å²) in [7, 11) is 1.58. The van der Waals surface area contributed by atoms with E-state index < -0.39 is 0 Å². The maximum absolute atomic E-state index is 11.7. The molecule has 0 aliphatic rings. The molecule has 0 radical (unpaired) electrons. The Kier molecular flexibility index (Phi) is 4.46. The van der Waals surface area contributed by atoms with Crippen LogP contribution >= 0.6 is 0 Å². The van der Waals surface area contributed by atoms with E-state index in [0.717, 1.165) is 12.1 Å². The van der Waals surface area contributed by atoms with Crippen molar-refractivity contribution in [3.8, 4) is 0 Å². The fraction of sp³-hybridized carbons (Fsp3) is 0.462. The number of aromatic nitrogens is 3. The predicted molar refractivity (Wildman–Crippen MR) is 70.7 cm³/mol. The molecule has 6 nitrogen and oxygen atoms in total. The van der Waals surface area contributed by atoms with Crippen LogP contribution in [0, 0.1) is 0 Å². The normalized spacial score (nSPS) is 12.5. The van der Waals surface area contributed by atoms with Crippen molar-refractivity contribution in [3.05, 3.63) is 30.4 Å². The zero-order valence-corrected chi connectivity index (χ0v) is 11.2. The third-order valence-electron chi connectivity index (χ3n) is 2.89. The highest BCUT2D eigenvalue weighted by Gasteiger charge is 2.16. The number of nitrogens with one attached hydrogen (secondary N) is 1. The van der Waals surface area contributed by atoms with Crippen LogP contribution in [0.2, 0.25) is 0 Å². The summed E-state index contributed by atoms with van der Waals surface area (Å²) in [5.41, 5.74) is 0.826. The summed E-state index contributed by atoms with van der Waals surface area (Å²) < 4.78 is 6.74. The molecule has 0 unspecified atom stereocenters. The molecule has 2 heterocycles. The van der Waals surface area contributed by atoms with E-state index >= 15 is 0 Å². The van der Waals surface area contributed by atoms with Crippen molar-refractivity contribution in [2.75, 3.05) is 13.7 Å². The van der Waals surface area contributed by atoms with Gasteiger partial charge in [0, 0.05) is 32.1 Å². The van der Waals surface area contributed by atoms with Crippen molar-refractivity contribution >= 4 is 11.7 Å². The van der Waals surface area contributed by atoms with Gasteiger partial charge in [-0.2, -0.15) is 0 Å².